The van der Waals surface area contributed by atoms with Crippen LogP contribution < -0.4 is 5.32 Å². The van der Waals surface area contributed by atoms with Gasteiger partial charge in [-0.25, -0.2) is 9.07 Å². The van der Waals surface area contributed by atoms with E-state index in [0.29, 0.717) is 36.1 Å². The maximum absolute atomic E-state index is 13.5. The number of carbonyl (C=O) groups excluding carboxylic acids is 2. The number of aromatic nitrogens is 2. The Kier molecular flexibility index (Phi) is 10.2. The summed E-state index contributed by atoms with van der Waals surface area (Å²) in [4.78, 5) is 27.7. The molecule has 3 rings (SSSR count). The summed E-state index contributed by atoms with van der Waals surface area (Å²) in [5, 5.41) is 7.60. The Labute approximate surface area is 213 Å². The Balaban J connectivity index is 1.79. The van der Waals surface area contributed by atoms with Gasteiger partial charge in [-0.3, -0.25) is 9.59 Å². The third kappa shape index (κ3) is 8.04. The highest BCUT2D eigenvalue weighted by Crippen LogP contribution is 2.25. The lowest BCUT2D eigenvalue weighted by atomic mass is 10.1. The maximum atomic E-state index is 13.5. The van der Waals surface area contributed by atoms with Crippen LogP contribution in [0.5, 0.6) is 0 Å². The van der Waals surface area contributed by atoms with Gasteiger partial charge in [0.2, 0.25) is 11.8 Å². The van der Waals surface area contributed by atoms with Gasteiger partial charge in [0, 0.05) is 24.6 Å². The molecule has 0 spiro atoms. The molecule has 2 amide bonds. The van der Waals surface area contributed by atoms with E-state index in [-0.39, 0.29) is 24.2 Å². The smallest absolute Gasteiger partial charge is 0.245 e. The first-order chi connectivity index (χ1) is 17.4. The molecule has 2 aromatic carbocycles. The van der Waals surface area contributed by atoms with Crippen LogP contribution in [-0.2, 0) is 9.59 Å². The molecule has 0 saturated heterocycles. The molecule has 7 heteroatoms. The van der Waals surface area contributed by atoms with Crippen molar-refractivity contribution in [2.45, 2.75) is 59.3 Å². The summed E-state index contributed by atoms with van der Waals surface area (Å²) < 4.78 is 15.1. The third-order valence-corrected chi connectivity index (χ3v) is 6.03. The molecule has 36 heavy (non-hydrogen) atoms. The molecular formula is C29H37FN4O2. The zero-order valence-corrected chi connectivity index (χ0v) is 21.5. The lowest BCUT2D eigenvalue weighted by molar-refractivity contribution is -0.135. The number of unbranched alkanes of at least 4 members (excludes halogenated alkanes) is 3. The molecule has 1 N–H and O–H groups in total. The van der Waals surface area contributed by atoms with Crippen molar-refractivity contribution in [3.63, 3.8) is 0 Å². The molecule has 0 radical (unpaired) electrons. The summed E-state index contributed by atoms with van der Waals surface area (Å²) in [5.74, 6) is 0.266. The average molecular weight is 493 g/mol. The predicted octanol–water partition coefficient (Wildman–Crippen LogP) is 6.46. The van der Waals surface area contributed by atoms with Gasteiger partial charge in [-0.1, -0.05) is 70.4 Å². The van der Waals surface area contributed by atoms with Crippen molar-refractivity contribution in [3.05, 3.63) is 66.5 Å². The predicted molar refractivity (Wildman–Crippen MR) is 142 cm³/mol. The van der Waals surface area contributed by atoms with Gasteiger partial charge in [0.25, 0.3) is 0 Å². The van der Waals surface area contributed by atoms with Crippen molar-refractivity contribution < 1.29 is 14.0 Å². The Morgan fingerprint density at radius 3 is 2.42 bits per heavy atom. The van der Waals surface area contributed by atoms with Crippen LogP contribution in [0.3, 0.4) is 0 Å². The summed E-state index contributed by atoms with van der Waals surface area (Å²) in [5.41, 5.74) is 2.20. The van der Waals surface area contributed by atoms with E-state index in [1.807, 2.05) is 30.3 Å². The minimum absolute atomic E-state index is 0.0129. The van der Waals surface area contributed by atoms with Gasteiger partial charge in [-0.15, -0.1) is 0 Å². The van der Waals surface area contributed by atoms with Gasteiger partial charge in [-0.2, -0.15) is 5.10 Å². The van der Waals surface area contributed by atoms with E-state index in [2.05, 4.69) is 31.2 Å². The van der Waals surface area contributed by atoms with E-state index in [9.17, 15) is 14.0 Å². The number of amides is 2. The molecule has 0 aliphatic heterocycles. The van der Waals surface area contributed by atoms with E-state index >= 15 is 0 Å². The molecule has 6 nitrogen and oxygen atoms in total. The van der Waals surface area contributed by atoms with E-state index in [1.165, 1.54) is 12.1 Å². The average Bonchev–Trinajstić information content (AvgIpc) is 3.28. The molecule has 0 unspecified atom stereocenters. The summed E-state index contributed by atoms with van der Waals surface area (Å²) in [7, 11) is 0. The van der Waals surface area contributed by atoms with Crippen molar-refractivity contribution >= 4 is 17.6 Å². The monoisotopic (exact) mass is 492 g/mol. The number of nitrogens with zero attached hydrogens (tertiary/aromatic N) is 3. The van der Waals surface area contributed by atoms with Crippen LogP contribution in [0.2, 0.25) is 0 Å². The molecule has 0 atom stereocenters. The standard InChI is InChI=1S/C29H37FN4O2/c1-4-5-6-10-13-29(36)33(19-18-22(2)3)21-28(35)31-27-20-26(23-11-8-7-9-12-23)32-34(27)25-16-14-24(30)15-17-25/h7-9,11-12,14-17,20,22H,4-6,10,13,18-19,21H2,1-3H3,(H,31,35). The van der Waals surface area contributed by atoms with Crippen molar-refractivity contribution in [2.75, 3.05) is 18.4 Å². The summed E-state index contributed by atoms with van der Waals surface area (Å²) in [6.07, 6.45) is 5.36. The van der Waals surface area contributed by atoms with Crippen LogP contribution >= 0.6 is 0 Å². The van der Waals surface area contributed by atoms with Crippen LogP contribution in [0.15, 0.2) is 60.7 Å². The summed E-state index contributed by atoms with van der Waals surface area (Å²) in [6.45, 7) is 6.88. The molecule has 3 aromatic rings. The molecular weight excluding hydrogens is 455 g/mol. The number of hydrogen-bond donors (Lipinski definition) is 1. The number of hydrogen-bond acceptors (Lipinski definition) is 3. The first kappa shape index (κ1) is 27.1. The van der Waals surface area contributed by atoms with Crippen LogP contribution in [0.1, 0.15) is 59.3 Å². The van der Waals surface area contributed by atoms with Gasteiger partial charge in [0.05, 0.1) is 17.9 Å². The minimum atomic E-state index is -0.349. The molecule has 0 aliphatic carbocycles. The van der Waals surface area contributed by atoms with Gasteiger partial charge >= 0.3 is 0 Å². The fourth-order valence-electron chi connectivity index (χ4n) is 3.92. The Morgan fingerprint density at radius 1 is 1.03 bits per heavy atom. The van der Waals surface area contributed by atoms with Gasteiger partial charge < -0.3 is 10.2 Å². The van der Waals surface area contributed by atoms with Crippen LogP contribution in [0.4, 0.5) is 10.2 Å². The van der Waals surface area contributed by atoms with Crippen LogP contribution in [0.25, 0.3) is 16.9 Å². The molecule has 0 fully saturated rings. The number of anilines is 1. The highest BCUT2D eigenvalue weighted by Gasteiger charge is 2.20. The zero-order chi connectivity index (χ0) is 25.9. The van der Waals surface area contributed by atoms with Gasteiger partial charge in [0.1, 0.15) is 11.6 Å². The molecule has 0 bridgehead atoms. The van der Waals surface area contributed by atoms with Crippen LogP contribution in [-0.4, -0.2) is 39.6 Å². The normalized spacial score (nSPS) is 11.0. The number of carbonyl (C=O) groups is 2. The second-order valence-corrected chi connectivity index (χ2v) is 9.53. The van der Waals surface area contributed by atoms with Gasteiger partial charge in [-0.05, 0) is 43.0 Å². The number of rotatable bonds is 13. The van der Waals surface area contributed by atoms with Gasteiger partial charge in [0.15, 0.2) is 0 Å². The summed E-state index contributed by atoms with van der Waals surface area (Å²) in [6, 6.07) is 17.4. The topological polar surface area (TPSA) is 67.2 Å². The van der Waals surface area contributed by atoms with E-state index in [1.54, 1.807) is 27.8 Å². The number of benzene rings is 2. The lowest BCUT2D eigenvalue weighted by Gasteiger charge is -2.23. The van der Waals surface area contributed by atoms with Crippen molar-refractivity contribution in [3.8, 4) is 16.9 Å². The SMILES string of the molecule is CCCCCCC(=O)N(CCC(C)C)CC(=O)Nc1cc(-c2ccccc2)nn1-c1ccc(F)cc1. The first-order valence-electron chi connectivity index (χ1n) is 12.9. The van der Waals surface area contributed by atoms with Crippen molar-refractivity contribution in [1.29, 1.82) is 0 Å². The minimum Gasteiger partial charge on any atom is -0.333 e. The first-order valence-corrected chi connectivity index (χ1v) is 12.9. The highest BCUT2D eigenvalue weighted by atomic mass is 19.1. The largest absolute Gasteiger partial charge is 0.333 e. The highest BCUT2D eigenvalue weighted by molar-refractivity contribution is 5.94. The molecule has 0 saturated carbocycles. The van der Waals surface area contributed by atoms with E-state index in [4.69, 9.17) is 0 Å². The maximum Gasteiger partial charge on any atom is 0.245 e. The van der Waals surface area contributed by atoms with Crippen LogP contribution in [0, 0.1) is 11.7 Å². The fraction of sp³-hybridized carbons (Fsp3) is 0.414. The molecule has 1 heterocycles. The number of nitrogens with one attached hydrogen (secondary N) is 1. The van der Waals surface area contributed by atoms with E-state index in [0.717, 1.165) is 37.7 Å². The second-order valence-electron chi connectivity index (χ2n) is 9.53. The Morgan fingerprint density at radius 2 is 1.75 bits per heavy atom. The van der Waals surface area contributed by atoms with Crippen molar-refractivity contribution in [1.82, 2.24) is 14.7 Å². The second kappa shape index (κ2) is 13.6. The molecule has 1 aromatic heterocycles. The fourth-order valence-corrected chi connectivity index (χ4v) is 3.92. The molecule has 192 valence electrons. The van der Waals surface area contributed by atoms with E-state index < -0.39 is 0 Å². The van der Waals surface area contributed by atoms with Crippen molar-refractivity contribution in [2.24, 2.45) is 5.92 Å². The Hall–Kier alpha value is -3.48. The number of halogens is 1. The Bertz CT molecular complexity index is 1110. The zero-order valence-electron chi connectivity index (χ0n) is 21.5. The molecule has 0 aliphatic rings. The quantitative estimate of drug-likeness (QED) is 0.278. The third-order valence-electron chi connectivity index (χ3n) is 6.03. The summed E-state index contributed by atoms with van der Waals surface area (Å²) >= 11 is 0. The lowest BCUT2D eigenvalue weighted by Crippen LogP contribution is -2.39.